The highest BCUT2D eigenvalue weighted by Gasteiger charge is 2.22. The van der Waals surface area contributed by atoms with E-state index in [-0.39, 0.29) is 27.0 Å². The predicted molar refractivity (Wildman–Crippen MR) is 132 cm³/mol. The topological polar surface area (TPSA) is 115 Å². The first kappa shape index (κ1) is 25.9. The summed E-state index contributed by atoms with van der Waals surface area (Å²) in [5.74, 6) is -0.309. The molecule has 3 aromatic carbocycles. The minimum Gasteiger partial charge on any atom is -0.497 e. The van der Waals surface area contributed by atoms with E-state index >= 15 is 0 Å². The number of nitrogens with zero attached hydrogens (tertiary/aromatic N) is 1. The summed E-state index contributed by atoms with van der Waals surface area (Å²) in [5.41, 5.74) is 0.551. The molecule has 0 aliphatic rings. The molecular weight excluding hydrogens is 515 g/mol. The van der Waals surface area contributed by atoms with E-state index in [1.54, 1.807) is 24.3 Å². The van der Waals surface area contributed by atoms with Crippen molar-refractivity contribution < 1.29 is 26.9 Å². The molecule has 0 aliphatic heterocycles. The molecule has 0 saturated heterocycles. The van der Waals surface area contributed by atoms with Gasteiger partial charge < -0.3 is 19.0 Å². The Morgan fingerprint density at radius 2 is 1.66 bits per heavy atom. The minimum absolute atomic E-state index is 0.0193. The fourth-order valence-electron chi connectivity index (χ4n) is 2.85. The van der Waals surface area contributed by atoms with Crippen LogP contribution in [0.2, 0.25) is 10.0 Å². The van der Waals surface area contributed by atoms with Crippen LogP contribution in [0.4, 0.5) is 5.69 Å². The Morgan fingerprint density at radius 1 is 1.00 bits per heavy atom. The lowest BCUT2D eigenvalue weighted by Gasteiger charge is -2.13. The van der Waals surface area contributed by atoms with E-state index in [4.69, 9.17) is 36.9 Å². The lowest BCUT2D eigenvalue weighted by molar-refractivity contribution is -0.112. The van der Waals surface area contributed by atoms with Gasteiger partial charge in [-0.25, -0.2) is 0 Å². The highest BCUT2D eigenvalue weighted by atomic mass is 35.5. The van der Waals surface area contributed by atoms with Gasteiger partial charge in [0.2, 0.25) is 5.75 Å². The largest absolute Gasteiger partial charge is 0.497 e. The Hall–Kier alpha value is -3.71. The van der Waals surface area contributed by atoms with Crippen LogP contribution in [0.3, 0.4) is 0 Å². The number of methoxy groups -OCH3 is 2. The van der Waals surface area contributed by atoms with Gasteiger partial charge in [-0.2, -0.15) is 13.7 Å². The van der Waals surface area contributed by atoms with Gasteiger partial charge in [-0.3, -0.25) is 4.79 Å². The maximum atomic E-state index is 12.7. The molecule has 1 N–H and O–H groups in total. The van der Waals surface area contributed by atoms with E-state index < -0.39 is 16.0 Å². The molecule has 0 unspecified atom stereocenters. The molecule has 35 heavy (non-hydrogen) atoms. The zero-order valence-corrected chi connectivity index (χ0v) is 20.7. The van der Waals surface area contributed by atoms with Crippen molar-refractivity contribution in [1.29, 1.82) is 5.26 Å². The number of halogens is 2. The zero-order chi connectivity index (χ0) is 25.6. The highest BCUT2D eigenvalue weighted by molar-refractivity contribution is 7.87. The van der Waals surface area contributed by atoms with Gasteiger partial charge in [-0.05, 0) is 72.3 Å². The zero-order valence-electron chi connectivity index (χ0n) is 18.4. The third kappa shape index (κ3) is 6.45. The van der Waals surface area contributed by atoms with Crippen molar-refractivity contribution in [3.05, 3.63) is 81.8 Å². The van der Waals surface area contributed by atoms with Crippen molar-refractivity contribution in [3.63, 3.8) is 0 Å². The third-order valence-corrected chi connectivity index (χ3v) is 6.34. The van der Waals surface area contributed by atoms with Crippen LogP contribution in [0.5, 0.6) is 17.2 Å². The number of nitrogens with one attached hydrogen (secondary N) is 1. The van der Waals surface area contributed by atoms with Crippen LogP contribution >= 0.6 is 23.2 Å². The Labute approximate surface area is 212 Å². The first-order valence-corrected chi connectivity index (χ1v) is 12.0. The van der Waals surface area contributed by atoms with Crippen molar-refractivity contribution in [2.24, 2.45) is 0 Å². The number of rotatable bonds is 8. The van der Waals surface area contributed by atoms with Gasteiger partial charge in [0.1, 0.15) is 22.3 Å². The molecule has 0 radical (unpaired) electrons. The lowest BCUT2D eigenvalue weighted by atomic mass is 10.1. The maximum absolute atomic E-state index is 12.7. The molecule has 0 spiro atoms. The first-order chi connectivity index (χ1) is 16.7. The van der Waals surface area contributed by atoms with E-state index in [1.807, 2.05) is 6.07 Å². The van der Waals surface area contributed by atoms with E-state index in [2.05, 4.69) is 5.32 Å². The summed E-state index contributed by atoms with van der Waals surface area (Å²) in [7, 11) is -1.43. The van der Waals surface area contributed by atoms with E-state index in [0.29, 0.717) is 22.0 Å². The number of hydrogen-bond donors (Lipinski definition) is 1. The second-order valence-electron chi connectivity index (χ2n) is 6.88. The summed E-state index contributed by atoms with van der Waals surface area (Å²) in [4.78, 5) is 12.4. The van der Waals surface area contributed by atoms with Crippen molar-refractivity contribution in [1.82, 2.24) is 0 Å². The SMILES string of the molecule is COc1ccc(NC(=O)/C(C#N)=C/c2cc(Cl)c(OS(=O)(=O)c3ccc(Cl)cc3)c(OC)c2)cc1. The standard InChI is InChI=1S/C24H18Cl2N2O6S/c1-32-19-7-5-18(6-8-19)28-24(29)16(14-27)11-15-12-21(26)23(22(13-15)33-2)34-35(30,31)20-9-3-17(25)4-10-20/h3-13H,1-2H3,(H,28,29)/b16-11+. The van der Waals surface area contributed by atoms with Gasteiger partial charge in [0.15, 0.2) is 5.75 Å². The molecule has 0 aromatic heterocycles. The van der Waals surface area contributed by atoms with Crippen molar-refractivity contribution in [3.8, 4) is 23.3 Å². The quantitative estimate of drug-likeness (QED) is 0.237. The number of anilines is 1. The molecule has 0 atom stereocenters. The number of ether oxygens (including phenoxy) is 2. The molecule has 0 saturated carbocycles. The Bertz CT molecular complexity index is 1410. The van der Waals surface area contributed by atoms with E-state index in [1.165, 1.54) is 56.7 Å². The molecule has 0 bridgehead atoms. The number of benzene rings is 3. The van der Waals surface area contributed by atoms with Crippen LogP contribution in [0.1, 0.15) is 5.56 Å². The number of nitriles is 1. The molecule has 3 rings (SSSR count). The van der Waals surface area contributed by atoms with Gasteiger partial charge in [0, 0.05) is 10.7 Å². The summed E-state index contributed by atoms with van der Waals surface area (Å²) < 4.78 is 40.8. The van der Waals surface area contributed by atoms with Crippen molar-refractivity contribution in [2.75, 3.05) is 19.5 Å². The van der Waals surface area contributed by atoms with Gasteiger partial charge >= 0.3 is 10.1 Å². The van der Waals surface area contributed by atoms with Crippen LogP contribution in [0.15, 0.2) is 71.1 Å². The highest BCUT2D eigenvalue weighted by Crippen LogP contribution is 2.39. The second kappa shape index (κ2) is 11.1. The molecule has 0 heterocycles. The van der Waals surface area contributed by atoms with Gasteiger partial charge in [-0.15, -0.1) is 0 Å². The first-order valence-electron chi connectivity index (χ1n) is 9.81. The van der Waals surface area contributed by atoms with Crippen LogP contribution in [0, 0.1) is 11.3 Å². The number of carbonyl (C=O) groups is 1. The smallest absolute Gasteiger partial charge is 0.339 e. The molecule has 11 heteroatoms. The van der Waals surface area contributed by atoms with Crippen LogP contribution in [-0.4, -0.2) is 28.5 Å². The Balaban J connectivity index is 1.88. The molecule has 8 nitrogen and oxygen atoms in total. The maximum Gasteiger partial charge on any atom is 0.339 e. The predicted octanol–water partition coefficient (Wildman–Crippen LogP) is 5.32. The normalized spacial score (nSPS) is 11.3. The molecule has 180 valence electrons. The monoisotopic (exact) mass is 532 g/mol. The second-order valence-corrected chi connectivity index (χ2v) is 9.27. The average molecular weight is 533 g/mol. The number of amides is 1. The summed E-state index contributed by atoms with van der Waals surface area (Å²) >= 11 is 12.1. The summed E-state index contributed by atoms with van der Waals surface area (Å²) in [6.45, 7) is 0. The fourth-order valence-corrected chi connectivity index (χ4v) is 4.24. The Kier molecular flexibility index (Phi) is 8.25. The summed E-state index contributed by atoms with van der Waals surface area (Å²) in [6.07, 6.45) is 1.28. The minimum atomic E-state index is -4.24. The van der Waals surface area contributed by atoms with Crippen molar-refractivity contribution >= 4 is 51.0 Å². The van der Waals surface area contributed by atoms with Gasteiger partial charge in [-0.1, -0.05) is 23.2 Å². The van der Waals surface area contributed by atoms with E-state index in [0.717, 1.165) is 0 Å². The van der Waals surface area contributed by atoms with Crippen LogP contribution < -0.4 is 19.0 Å². The molecule has 0 aliphatic carbocycles. The summed E-state index contributed by atoms with van der Waals surface area (Å²) in [6, 6.07) is 16.5. The fraction of sp³-hybridized carbons (Fsp3) is 0.0833. The number of carbonyl (C=O) groups excluding carboxylic acids is 1. The average Bonchev–Trinajstić information content (AvgIpc) is 2.84. The lowest BCUT2D eigenvalue weighted by Crippen LogP contribution is -2.13. The van der Waals surface area contributed by atoms with Crippen LogP contribution in [0.25, 0.3) is 6.08 Å². The molecule has 1 amide bonds. The molecule has 3 aromatic rings. The van der Waals surface area contributed by atoms with E-state index in [9.17, 15) is 18.5 Å². The van der Waals surface area contributed by atoms with Crippen molar-refractivity contribution in [2.45, 2.75) is 4.90 Å². The Morgan fingerprint density at radius 3 is 2.23 bits per heavy atom. The van der Waals surface area contributed by atoms with Gasteiger partial charge in [0.05, 0.1) is 19.2 Å². The number of hydrogen-bond acceptors (Lipinski definition) is 7. The molecular formula is C24H18Cl2N2O6S. The third-order valence-electron chi connectivity index (χ3n) is 4.57. The van der Waals surface area contributed by atoms with Crippen LogP contribution in [-0.2, 0) is 14.9 Å². The summed E-state index contributed by atoms with van der Waals surface area (Å²) in [5, 5.41) is 12.4. The van der Waals surface area contributed by atoms with Gasteiger partial charge in [0.25, 0.3) is 5.91 Å². The molecule has 0 fully saturated rings.